The highest BCUT2D eigenvalue weighted by molar-refractivity contribution is 6.02. The van der Waals surface area contributed by atoms with Crippen LogP contribution in [0, 0.1) is 18.3 Å². The van der Waals surface area contributed by atoms with E-state index in [4.69, 9.17) is 18.3 Å². The Hall–Kier alpha value is -5.29. The number of phenols is 1. The molecule has 188 valence electrons. The molecular formula is C30H22N2O6. The van der Waals surface area contributed by atoms with E-state index in [1.165, 1.54) is 26.5 Å². The van der Waals surface area contributed by atoms with Crippen LogP contribution in [0.1, 0.15) is 16.9 Å². The molecule has 0 aliphatic carbocycles. The average molecular weight is 507 g/mol. The first-order valence-electron chi connectivity index (χ1n) is 11.6. The lowest BCUT2D eigenvalue weighted by molar-refractivity contribution is 0.362. The third-order valence-electron chi connectivity index (χ3n) is 6.04. The van der Waals surface area contributed by atoms with E-state index in [-0.39, 0.29) is 50.7 Å². The zero-order valence-corrected chi connectivity index (χ0v) is 20.8. The second-order valence-electron chi connectivity index (χ2n) is 8.34. The largest absolute Gasteiger partial charge is 0.504 e. The third-order valence-corrected chi connectivity index (χ3v) is 6.04. The van der Waals surface area contributed by atoms with Crippen LogP contribution in [0.3, 0.4) is 0 Å². The second kappa shape index (κ2) is 9.99. The van der Waals surface area contributed by atoms with Gasteiger partial charge in [0.05, 0.1) is 19.8 Å². The van der Waals surface area contributed by atoms with Gasteiger partial charge in [-0.25, -0.2) is 4.99 Å². The lowest BCUT2D eigenvalue weighted by Gasteiger charge is -2.14. The minimum atomic E-state index is -0.373. The van der Waals surface area contributed by atoms with Crippen molar-refractivity contribution >= 4 is 23.1 Å². The Morgan fingerprint density at radius 1 is 0.947 bits per heavy atom. The lowest BCUT2D eigenvalue weighted by Crippen LogP contribution is -2.06. The molecule has 8 heteroatoms. The standard InChI is InChI=1S/C30H22N2O6/c1-17-14-22(33)24-27(35-2)21(25(34)29(36-3)28(24)37-17)16-32-30-20(15-31)23(18-10-6-4-7-11-18)26(38-30)19-12-8-5-9-13-19/h4-14,16,34H,1-3H3/b32-16+. The molecule has 5 aromatic rings. The number of nitrogens with zero attached hydrogens (tertiary/aromatic N) is 2. The van der Waals surface area contributed by atoms with Crippen molar-refractivity contribution in [1.82, 2.24) is 0 Å². The molecule has 3 aromatic carbocycles. The highest BCUT2D eigenvalue weighted by Gasteiger charge is 2.26. The highest BCUT2D eigenvalue weighted by atomic mass is 16.5. The fourth-order valence-electron chi connectivity index (χ4n) is 4.39. The summed E-state index contributed by atoms with van der Waals surface area (Å²) < 4.78 is 22.7. The average Bonchev–Trinajstić information content (AvgIpc) is 3.31. The summed E-state index contributed by atoms with van der Waals surface area (Å²) in [5, 5.41) is 21.3. The van der Waals surface area contributed by atoms with Crippen molar-refractivity contribution in [3.63, 3.8) is 0 Å². The number of ether oxygens (including phenoxy) is 2. The Bertz CT molecular complexity index is 1780. The Morgan fingerprint density at radius 2 is 1.58 bits per heavy atom. The number of benzene rings is 3. The van der Waals surface area contributed by atoms with Crippen LogP contribution in [0.25, 0.3) is 33.4 Å². The fourth-order valence-corrected chi connectivity index (χ4v) is 4.39. The molecule has 0 atom stereocenters. The maximum Gasteiger partial charge on any atom is 0.238 e. The van der Waals surface area contributed by atoms with Crippen LogP contribution in [0.5, 0.6) is 17.2 Å². The van der Waals surface area contributed by atoms with Gasteiger partial charge in [-0.05, 0) is 12.5 Å². The molecule has 0 bridgehead atoms. The van der Waals surface area contributed by atoms with Crippen molar-refractivity contribution in [3.05, 3.63) is 93.8 Å². The molecule has 8 nitrogen and oxygen atoms in total. The molecule has 0 unspecified atom stereocenters. The van der Waals surface area contributed by atoms with E-state index in [1.54, 1.807) is 6.92 Å². The number of phenolic OH excluding ortho intramolecular Hbond substituents is 1. The van der Waals surface area contributed by atoms with Gasteiger partial charge in [-0.3, -0.25) is 4.79 Å². The number of nitriles is 1. The molecule has 1 N–H and O–H groups in total. The fraction of sp³-hybridized carbons (Fsp3) is 0.100. The van der Waals surface area contributed by atoms with Gasteiger partial charge in [-0.15, -0.1) is 0 Å². The quantitative estimate of drug-likeness (QED) is 0.266. The van der Waals surface area contributed by atoms with E-state index >= 15 is 0 Å². The van der Waals surface area contributed by atoms with Gasteiger partial charge >= 0.3 is 0 Å². The van der Waals surface area contributed by atoms with Crippen LogP contribution in [0.4, 0.5) is 5.88 Å². The van der Waals surface area contributed by atoms with Gasteiger partial charge in [0.2, 0.25) is 11.6 Å². The number of aryl methyl sites for hydroxylation is 1. The maximum atomic E-state index is 12.9. The molecule has 0 radical (unpaired) electrons. The number of furan rings is 1. The molecular weight excluding hydrogens is 484 g/mol. The molecule has 5 rings (SSSR count). The number of hydrogen-bond acceptors (Lipinski definition) is 8. The summed E-state index contributed by atoms with van der Waals surface area (Å²) in [5.41, 5.74) is 2.11. The highest BCUT2D eigenvalue weighted by Crippen LogP contribution is 2.45. The van der Waals surface area contributed by atoms with Crippen LogP contribution in [0.15, 0.2) is 85.4 Å². The topological polar surface area (TPSA) is 118 Å². The van der Waals surface area contributed by atoms with Gasteiger partial charge in [0.25, 0.3) is 0 Å². The van der Waals surface area contributed by atoms with Crippen molar-refractivity contribution < 1.29 is 23.4 Å². The Balaban J connectivity index is 1.76. The van der Waals surface area contributed by atoms with Crippen molar-refractivity contribution in [2.45, 2.75) is 6.92 Å². The summed E-state index contributed by atoms with van der Waals surface area (Å²) in [7, 11) is 2.72. The Kier molecular flexibility index (Phi) is 6.42. The second-order valence-corrected chi connectivity index (χ2v) is 8.34. The number of methoxy groups -OCH3 is 2. The van der Waals surface area contributed by atoms with Crippen molar-refractivity contribution in [2.75, 3.05) is 14.2 Å². The van der Waals surface area contributed by atoms with Crippen LogP contribution < -0.4 is 14.9 Å². The predicted octanol–water partition coefficient (Wildman–Crippen LogP) is 6.37. The van der Waals surface area contributed by atoms with Crippen molar-refractivity contribution in [1.29, 1.82) is 5.26 Å². The van der Waals surface area contributed by atoms with Gasteiger partial charge in [0, 0.05) is 23.4 Å². The molecule has 38 heavy (non-hydrogen) atoms. The smallest absolute Gasteiger partial charge is 0.238 e. The van der Waals surface area contributed by atoms with E-state index < -0.39 is 0 Å². The molecule has 0 aliphatic rings. The Labute approximate surface area is 217 Å². The summed E-state index contributed by atoms with van der Waals surface area (Å²) in [5.74, 6) is 0.515. The normalized spacial score (nSPS) is 11.1. The number of aliphatic imine (C=N–C) groups is 1. The minimum absolute atomic E-state index is 0.0293. The molecule has 0 amide bonds. The van der Waals surface area contributed by atoms with Crippen molar-refractivity contribution in [2.24, 2.45) is 4.99 Å². The first-order chi connectivity index (χ1) is 18.5. The van der Waals surface area contributed by atoms with Crippen molar-refractivity contribution in [3.8, 4) is 45.8 Å². The zero-order valence-electron chi connectivity index (χ0n) is 20.8. The van der Waals surface area contributed by atoms with Crippen LogP contribution in [-0.4, -0.2) is 25.5 Å². The monoisotopic (exact) mass is 506 g/mol. The first-order valence-corrected chi connectivity index (χ1v) is 11.6. The molecule has 0 spiro atoms. The predicted molar refractivity (Wildman–Crippen MR) is 144 cm³/mol. The number of hydrogen-bond donors (Lipinski definition) is 1. The molecule has 2 heterocycles. The van der Waals surface area contributed by atoms with E-state index in [9.17, 15) is 15.2 Å². The van der Waals surface area contributed by atoms with E-state index in [0.29, 0.717) is 17.1 Å². The van der Waals surface area contributed by atoms with Gasteiger partial charge in [-0.1, -0.05) is 60.7 Å². The summed E-state index contributed by atoms with van der Waals surface area (Å²) in [6.07, 6.45) is 1.28. The number of fused-ring (bicyclic) bond motifs is 1. The summed E-state index contributed by atoms with van der Waals surface area (Å²) in [6.45, 7) is 1.62. The molecule has 0 aliphatic heterocycles. The van der Waals surface area contributed by atoms with Gasteiger partial charge in [0.15, 0.2) is 16.8 Å². The van der Waals surface area contributed by atoms with E-state index in [0.717, 1.165) is 11.1 Å². The van der Waals surface area contributed by atoms with Gasteiger partial charge in [0.1, 0.15) is 34.3 Å². The number of aromatic hydroxyl groups is 1. The molecule has 0 saturated carbocycles. The Morgan fingerprint density at radius 3 is 2.18 bits per heavy atom. The van der Waals surface area contributed by atoms with Gasteiger partial charge in [-0.2, -0.15) is 5.26 Å². The molecule has 2 aromatic heterocycles. The molecule has 0 fully saturated rings. The maximum absolute atomic E-state index is 12.9. The van der Waals surface area contributed by atoms with Crippen LogP contribution >= 0.6 is 0 Å². The number of rotatable bonds is 6. The van der Waals surface area contributed by atoms with Crippen LogP contribution in [0.2, 0.25) is 0 Å². The molecule has 0 saturated heterocycles. The zero-order chi connectivity index (χ0) is 26.8. The van der Waals surface area contributed by atoms with E-state index in [1.807, 2.05) is 60.7 Å². The summed E-state index contributed by atoms with van der Waals surface area (Å²) in [4.78, 5) is 17.3. The summed E-state index contributed by atoms with van der Waals surface area (Å²) in [6, 6.07) is 22.3. The van der Waals surface area contributed by atoms with Crippen LogP contribution in [-0.2, 0) is 0 Å². The van der Waals surface area contributed by atoms with E-state index in [2.05, 4.69) is 11.1 Å². The lowest BCUT2D eigenvalue weighted by atomic mass is 9.98. The third kappa shape index (κ3) is 4.06. The SMILES string of the molecule is COc1c(O)c(/C=N/c2oc(-c3ccccc3)c(-c3ccccc3)c2C#N)c(OC)c2c(=O)cc(C)oc12. The van der Waals surface area contributed by atoms with Gasteiger partial charge < -0.3 is 23.4 Å². The first kappa shape index (κ1) is 24.4. The summed E-state index contributed by atoms with van der Waals surface area (Å²) >= 11 is 0. The minimum Gasteiger partial charge on any atom is -0.504 e.